The summed E-state index contributed by atoms with van der Waals surface area (Å²) in [4.78, 5) is 14.4. The summed E-state index contributed by atoms with van der Waals surface area (Å²) in [7, 11) is -2.17. The number of carbonyl (C=O) groups excluding carboxylic acids is 1. The smallest absolute Gasteiger partial charge is 0.261 e. The van der Waals surface area contributed by atoms with Crippen molar-refractivity contribution in [1.82, 2.24) is 4.90 Å². The van der Waals surface area contributed by atoms with Crippen LogP contribution in [-0.2, 0) is 16.6 Å². The van der Waals surface area contributed by atoms with Gasteiger partial charge in [0, 0.05) is 18.3 Å². The van der Waals surface area contributed by atoms with Crippen LogP contribution >= 0.6 is 0 Å². The van der Waals surface area contributed by atoms with Crippen molar-refractivity contribution >= 4 is 21.6 Å². The van der Waals surface area contributed by atoms with E-state index in [9.17, 15) is 13.2 Å². The van der Waals surface area contributed by atoms with Crippen molar-refractivity contribution in [2.75, 3.05) is 11.8 Å². The molecule has 0 bridgehead atoms. The Bertz CT molecular complexity index is 1090. The van der Waals surface area contributed by atoms with Gasteiger partial charge >= 0.3 is 0 Å². The van der Waals surface area contributed by atoms with Crippen molar-refractivity contribution in [3.63, 3.8) is 0 Å². The molecule has 0 radical (unpaired) electrons. The molecule has 1 amide bonds. The molecule has 0 aliphatic carbocycles. The molecule has 1 heterocycles. The number of aryl methyl sites for hydroxylation is 2. The highest BCUT2D eigenvalue weighted by Gasteiger charge is 2.20. The van der Waals surface area contributed by atoms with Gasteiger partial charge in [0.15, 0.2) is 0 Å². The first-order valence-corrected chi connectivity index (χ1v) is 10.2. The highest BCUT2D eigenvalue weighted by Crippen LogP contribution is 2.21. The lowest BCUT2D eigenvalue weighted by molar-refractivity contribution is 0.0774. The van der Waals surface area contributed by atoms with Crippen molar-refractivity contribution in [2.24, 2.45) is 0 Å². The molecule has 2 aromatic carbocycles. The number of sulfonamides is 1. The number of benzene rings is 2. The monoisotopic (exact) mass is 398 g/mol. The third kappa shape index (κ3) is 4.43. The van der Waals surface area contributed by atoms with Crippen LogP contribution in [-0.4, -0.2) is 26.3 Å². The van der Waals surface area contributed by atoms with E-state index in [4.69, 9.17) is 4.42 Å². The lowest BCUT2D eigenvalue weighted by atomic mass is 10.1. The van der Waals surface area contributed by atoms with E-state index >= 15 is 0 Å². The SMILES string of the molecule is Cc1cccc(NS(=O)(=O)c2ccc(C)c(C(=O)N(C)Cc3ccco3)c2)c1. The number of nitrogens with one attached hydrogen (secondary N) is 1. The zero-order valence-electron chi connectivity index (χ0n) is 16.0. The number of rotatable bonds is 6. The highest BCUT2D eigenvalue weighted by molar-refractivity contribution is 7.92. The molecule has 0 fully saturated rings. The Hall–Kier alpha value is -3.06. The van der Waals surface area contributed by atoms with Gasteiger partial charge in [0.1, 0.15) is 5.76 Å². The predicted molar refractivity (Wildman–Crippen MR) is 108 cm³/mol. The van der Waals surface area contributed by atoms with Crippen molar-refractivity contribution in [3.8, 4) is 0 Å². The maximum atomic E-state index is 12.8. The summed E-state index contributed by atoms with van der Waals surface area (Å²) in [6.45, 7) is 3.96. The number of nitrogens with zero attached hydrogens (tertiary/aromatic N) is 1. The molecule has 3 aromatic rings. The third-order valence-corrected chi connectivity index (χ3v) is 5.72. The topological polar surface area (TPSA) is 79.6 Å². The van der Waals surface area contributed by atoms with E-state index < -0.39 is 10.0 Å². The van der Waals surface area contributed by atoms with Crippen molar-refractivity contribution < 1.29 is 17.6 Å². The quantitative estimate of drug-likeness (QED) is 0.681. The summed E-state index contributed by atoms with van der Waals surface area (Å²) in [5.41, 5.74) is 2.45. The maximum Gasteiger partial charge on any atom is 0.261 e. The van der Waals surface area contributed by atoms with Gasteiger partial charge in [0.25, 0.3) is 15.9 Å². The second kappa shape index (κ2) is 7.90. The fourth-order valence-electron chi connectivity index (χ4n) is 2.84. The van der Waals surface area contributed by atoms with Crippen molar-refractivity contribution in [3.05, 3.63) is 83.3 Å². The summed E-state index contributed by atoms with van der Waals surface area (Å²) in [6.07, 6.45) is 1.54. The van der Waals surface area contributed by atoms with Crippen LogP contribution < -0.4 is 4.72 Å². The van der Waals surface area contributed by atoms with Crippen LogP contribution in [0.25, 0.3) is 0 Å². The average Bonchev–Trinajstić information content (AvgIpc) is 3.14. The van der Waals surface area contributed by atoms with Crippen molar-refractivity contribution in [2.45, 2.75) is 25.3 Å². The fraction of sp³-hybridized carbons (Fsp3) is 0.190. The molecule has 0 saturated heterocycles. The molecule has 1 aromatic heterocycles. The second-order valence-corrected chi connectivity index (χ2v) is 8.37. The standard InChI is InChI=1S/C21H22N2O4S/c1-15-6-4-7-17(12-15)22-28(25,26)19-10-9-16(2)20(13-19)21(24)23(3)14-18-8-5-11-27-18/h4-13,22H,14H2,1-3H3. The average molecular weight is 398 g/mol. The number of anilines is 1. The van der Waals surface area contributed by atoms with Gasteiger partial charge in [-0.05, 0) is 61.4 Å². The minimum atomic E-state index is -3.82. The molecule has 1 N–H and O–H groups in total. The molecule has 7 heteroatoms. The van der Waals surface area contributed by atoms with E-state index in [2.05, 4.69) is 4.72 Å². The van der Waals surface area contributed by atoms with Crippen LogP contribution in [0.2, 0.25) is 0 Å². The van der Waals surface area contributed by atoms with Crippen LogP contribution in [0.3, 0.4) is 0 Å². The van der Waals surface area contributed by atoms with Gasteiger partial charge < -0.3 is 9.32 Å². The highest BCUT2D eigenvalue weighted by atomic mass is 32.2. The molecule has 0 aliphatic rings. The van der Waals surface area contributed by atoms with E-state index in [-0.39, 0.29) is 10.8 Å². The molecular formula is C21H22N2O4S. The van der Waals surface area contributed by atoms with E-state index in [1.807, 2.05) is 13.0 Å². The summed E-state index contributed by atoms with van der Waals surface area (Å²) >= 11 is 0. The molecule has 28 heavy (non-hydrogen) atoms. The van der Waals surface area contributed by atoms with E-state index in [1.165, 1.54) is 17.0 Å². The number of furan rings is 1. The van der Waals surface area contributed by atoms with Crippen LogP contribution in [0, 0.1) is 13.8 Å². The minimum Gasteiger partial charge on any atom is -0.467 e. The fourth-order valence-corrected chi connectivity index (χ4v) is 3.91. The Morgan fingerprint density at radius 3 is 2.54 bits per heavy atom. The molecule has 0 saturated carbocycles. The lowest BCUT2D eigenvalue weighted by Crippen LogP contribution is -2.27. The maximum absolute atomic E-state index is 12.8. The first-order valence-electron chi connectivity index (χ1n) is 8.74. The molecule has 146 valence electrons. The Balaban J connectivity index is 1.86. The van der Waals surface area contributed by atoms with E-state index in [0.717, 1.165) is 5.56 Å². The zero-order chi connectivity index (χ0) is 20.3. The normalized spacial score (nSPS) is 11.2. The van der Waals surface area contributed by atoms with Crippen LogP contribution in [0.5, 0.6) is 0 Å². The molecule has 3 rings (SSSR count). The van der Waals surface area contributed by atoms with Gasteiger partial charge in [0.05, 0.1) is 17.7 Å². The number of carbonyl (C=O) groups is 1. The summed E-state index contributed by atoms with van der Waals surface area (Å²) in [5.74, 6) is 0.375. The summed E-state index contributed by atoms with van der Waals surface area (Å²) in [5, 5.41) is 0. The number of hydrogen-bond donors (Lipinski definition) is 1. The second-order valence-electron chi connectivity index (χ2n) is 6.69. The predicted octanol–water partition coefficient (Wildman–Crippen LogP) is 3.97. The van der Waals surface area contributed by atoms with E-state index in [1.54, 1.807) is 56.6 Å². The molecule has 6 nitrogen and oxygen atoms in total. The largest absolute Gasteiger partial charge is 0.467 e. The number of hydrogen-bond acceptors (Lipinski definition) is 4. The third-order valence-electron chi connectivity index (χ3n) is 4.34. The Morgan fingerprint density at radius 1 is 1.07 bits per heavy atom. The number of amides is 1. The first kappa shape index (κ1) is 19.7. The zero-order valence-corrected chi connectivity index (χ0v) is 16.8. The van der Waals surface area contributed by atoms with Gasteiger partial charge in [-0.2, -0.15) is 0 Å². The van der Waals surface area contributed by atoms with Gasteiger partial charge in [-0.1, -0.05) is 18.2 Å². The van der Waals surface area contributed by atoms with Crippen molar-refractivity contribution in [1.29, 1.82) is 0 Å². The lowest BCUT2D eigenvalue weighted by Gasteiger charge is -2.18. The summed E-state index contributed by atoms with van der Waals surface area (Å²) < 4.78 is 33.4. The Morgan fingerprint density at radius 2 is 1.86 bits per heavy atom. The van der Waals surface area contributed by atoms with Gasteiger partial charge in [-0.25, -0.2) is 8.42 Å². The van der Waals surface area contributed by atoms with Gasteiger partial charge in [0.2, 0.25) is 0 Å². The molecule has 0 atom stereocenters. The molecular weight excluding hydrogens is 376 g/mol. The molecule has 0 aliphatic heterocycles. The Kier molecular flexibility index (Phi) is 5.56. The van der Waals surface area contributed by atoms with Crippen LogP contribution in [0.4, 0.5) is 5.69 Å². The van der Waals surface area contributed by atoms with Gasteiger partial charge in [-0.15, -0.1) is 0 Å². The van der Waals surface area contributed by atoms with Crippen LogP contribution in [0.1, 0.15) is 27.2 Å². The summed E-state index contributed by atoms with van der Waals surface area (Å²) in [6, 6.07) is 15.2. The first-order chi connectivity index (χ1) is 13.3. The Labute approximate surface area is 164 Å². The van der Waals surface area contributed by atoms with E-state index in [0.29, 0.717) is 29.1 Å². The van der Waals surface area contributed by atoms with Crippen LogP contribution in [0.15, 0.2) is 70.2 Å². The van der Waals surface area contributed by atoms with Gasteiger partial charge in [-0.3, -0.25) is 9.52 Å². The molecule has 0 spiro atoms. The molecule has 0 unspecified atom stereocenters. The minimum absolute atomic E-state index is 0.0364.